The van der Waals surface area contributed by atoms with Crippen molar-refractivity contribution >= 4 is 23.9 Å². The zero-order valence-corrected chi connectivity index (χ0v) is 14.9. The zero-order chi connectivity index (χ0) is 19.5. The van der Waals surface area contributed by atoms with Crippen LogP contribution in [0, 0.1) is 6.92 Å². The number of hydrogen-bond donors (Lipinski definition) is 0. The van der Waals surface area contributed by atoms with Crippen LogP contribution in [-0.2, 0) is 9.53 Å². The lowest BCUT2D eigenvalue weighted by molar-refractivity contribution is -0.130. The van der Waals surface area contributed by atoms with Gasteiger partial charge in [-0.15, -0.1) is 0 Å². The second kappa shape index (κ2) is 7.36. The van der Waals surface area contributed by atoms with Crippen molar-refractivity contribution < 1.29 is 23.5 Å². The van der Waals surface area contributed by atoms with E-state index in [1.165, 1.54) is 6.26 Å². The molecule has 1 aromatic heterocycles. The summed E-state index contributed by atoms with van der Waals surface area (Å²) in [6.45, 7) is 1.91. The van der Waals surface area contributed by atoms with Crippen LogP contribution in [0.3, 0.4) is 0 Å². The van der Waals surface area contributed by atoms with Crippen molar-refractivity contribution in [1.82, 2.24) is 0 Å². The number of hydrogen-bond acceptors (Lipinski definition) is 6. The molecule has 6 heteroatoms. The van der Waals surface area contributed by atoms with Crippen LogP contribution in [0.25, 0.3) is 6.08 Å². The van der Waals surface area contributed by atoms with Gasteiger partial charge in [0.1, 0.15) is 5.75 Å². The first-order valence-electron chi connectivity index (χ1n) is 8.54. The van der Waals surface area contributed by atoms with Crippen LogP contribution in [0.15, 0.2) is 82.0 Å². The van der Waals surface area contributed by atoms with Crippen molar-refractivity contribution in [2.24, 2.45) is 4.99 Å². The highest BCUT2D eigenvalue weighted by molar-refractivity contribution is 6.11. The van der Waals surface area contributed by atoms with Crippen LogP contribution in [0.2, 0.25) is 0 Å². The monoisotopic (exact) mass is 373 g/mol. The normalized spacial score (nSPS) is 14.7. The first-order valence-corrected chi connectivity index (χ1v) is 8.54. The van der Waals surface area contributed by atoms with Gasteiger partial charge in [-0.3, -0.25) is 0 Å². The standard InChI is InChI=1S/C22H15NO5/c1-14-4-2-5-16(12-14)21(24)27-17-9-7-15(8-10-17)13-18-22(25)28-20(23-18)19-6-3-11-26-19/h2-13H,1H3/b18-13-. The Morgan fingerprint density at radius 1 is 1.07 bits per heavy atom. The van der Waals surface area contributed by atoms with Crippen LogP contribution in [0.5, 0.6) is 5.75 Å². The van der Waals surface area contributed by atoms with Gasteiger partial charge in [0.2, 0.25) is 0 Å². The molecule has 6 nitrogen and oxygen atoms in total. The van der Waals surface area contributed by atoms with Gasteiger partial charge in [0.25, 0.3) is 5.90 Å². The minimum atomic E-state index is -0.554. The van der Waals surface area contributed by atoms with Crippen LogP contribution in [0.4, 0.5) is 0 Å². The van der Waals surface area contributed by atoms with Crippen molar-refractivity contribution in [2.75, 3.05) is 0 Å². The molecule has 0 aliphatic carbocycles. The van der Waals surface area contributed by atoms with Crippen molar-refractivity contribution in [1.29, 1.82) is 0 Å². The maximum atomic E-state index is 12.2. The van der Waals surface area contributed by atoms with Crippen LogP contribution in [0.1, 0.15) is 27.2 Å². The fraction of sp³-hybridized carbons (Fsp3) is 0.0455. The number of esters is 2. The quantitative estimate of drug-likeness (QED) is 0.390. The molecule has 0 bridgehead atoms. The second-order valence-electron chi connectivity index (χ2n) is 6.14. The van der Waals surface area contributed by atoms with E-state index in [-0.39, 0.29) is 11.6 Å². The molecule has 0 unspecified atom stereocenters. The molecular weight excluding hydrogens is 358 g/mol. The number of carbonyl (C=O) groups excluding carboxylic acids is 2. The molecule has 0 fully saturated rings. The summed E-state index contributed by atoms with van der Waals surface area (Å²) in [4.78, 5) is 28.3. The van der Waals surface area contributed by atoms with E-state index < -0.39 is 11.9 Å². The first-order chi connectivity index (χ1) is 13.6. The Bertz CT molecular complexity index is 1090. The van der Waals surface area contributed by atoms with Gasteiger partial charge in [0.15, 0.2) is 11.5 Å². The highest BCUT2D eigenvalue weighted by Crippen LogP contribution is 2.21. The van der Waals surface area contributed by atoms with Gasteiger partial charge in [-0.25, -0.2) is 14.6 Å². The van der Waals surface area contributed by atoms with E-state index in [1.54, 1.807) is 60.7 Å². The van der Waals surface area contributed by atoms with E-state index in [9.17, 15) is 9.59 Å². The average Bonchev–Trinajstić information content (AvgIpc) is 3.34. The number of aryl methyl sites for hydroxylation is 1. The molecule has 2 heterocycles. The number of aliphatic imine (C=N–C) groups is 1. The summed E-state index contributed by atoms with van der Waals surface area (Å²) in [6.07, 6.45) is 3.06. The molecular formula is C22H15NO5. The molecule has 1 aliphatic heterocycles. The highest BCUT2D eigenvalue weighted by Gasteiger charge is 2.25. The molecule has 4 rings (SSSR count). The summed E-state index contributed by atoms with van der Waals surface area (Å²) in [5, 5.41) is 0. The first kappa shape index (κ1) is 17.5. The van der Waals surface area contributed by atoms with Crippen molar-refractivity contribution in [3.05, 3.63) is 95.1 Å². The molecule has 0 saturated carbocycles. The van der Waals surface area contributed by atoms with Gasteiger partial charge in [-0.05, 0) is 55.0 Å². The Morgan fingerprint density at radius 3 is 2.61 bits per heavy atom. The Balaban J connectivity index is 1.48. The topological polar surface area (TPSA) is 78.1 Å². The molecule has 0 atom stereocenters. The number of carbonyl (C=O) groups is 2. The minimum Gasteiger partial charge on any atom is -0.459 e. The molecule has 2 aromatic carbocycles. The van der Waals surface area contributed by atoms with Gasteiger partial charge in [-0.1, -0.05) is 29.8 Å². The maximum Gasteiger partial charge on any atom is 0.363 e. The lowest BCUT2D eigenvalue weighted by Gasteiger charge is -2.05. The van der Waals surface area contributed by atoms with E-state index in [4.69, 9.17) is 13.9 Å². The summed E-state index contributed by atoms with van der Waals surface area (Å²) in [5.74, 6) is -0.0641. The van der Waals surface area contributed by atoms with Crippen molar-refractivity contribution in [3.8, 4) is 5.75 Å². The van der Waals surface area contributed by atoms with Crippen LogP contribution < -0.4 is 4.74 Å². The summed E-state index contributed by atoms with van der Waals surface area (Å²) < 4.78 is 15.7. The Morgan fingerprint density at radius 2 is 1.89 bits per heavy atom. The minimum absolute atomic E-state index is 0.130. The van der Waals surface area contributed by atoms with Gasteiger partial charge < -0.3 is 13.9 Å². The molecule has 3 aromatic rings. The highest BCUT2D eigenvalue weighted by atomic mass is 16.6. The molecule has 0 N–H and O–H groups in total. The van der Waals surface area contributed by atoms with E-state index >= 15 is 0 Å². The molecule has 0 saturated heterocycles. The number of cyclic esters (lactones) is 1. The molecule has 0 radical (unpaired) electrons. The smallest absolute Gasteiger partial charge is 0.363 e. The van der Waals surface area contributed by atoms with E-state index in [0.717, 1.165) is 5.56 Å². The maximum absolute atomic E-state index is 12.2. The lowest BCUT2D eigenvalue weighted by atomic mass is 10.1. The predicted molar refractivity (Wildman–Crippen MR) is 102 cm³/mol. The van der Waals surface area contributed by atoms with Crippen LogP contribution in [-0.4, -0.2) is 17.8 Å². The molecule has 0 spiro atoms. The molecule has 1 aliphatic rings. The second-order valence-corrected chi connectivity index (χ2v) is 6.14. The summed E-state index contributed by atoms with van der Waals surface area (Å²) in [5.41, 5.74) is 2.34. The number of nitrogens with zero attached hydrogens (tertiary/aromatic N) is 1. The third kappa shape index (κ3) is 3.76. The summed E-state index contributed by atoms with van der Waals surface area (Å²) >= 11 is 0. The zero-order valence-electron chi connectivity index (χ0n) is 14.9. The van der Waals surface area contributed by atoms with Crippen LogP contribution >= 0.6 is 0 Å². The molecule has 0 amide bonds. The van der Waals surface area contributed by atoms with Gasteiger partial charge >= 0.3 is 11.9 Å². The number of benzene rings is 2. The van der Waals surface area contributed by atoms with Crippen molar-refractivity contribution in [3.63, 3.8) is 0 Å². The number of furan rings is 1. The lowest BCUT2D eigenvalue weighted by Crippen LogP contribution is -2.08. The summed E-state index contributed by atoms with van der Waals surface area (Å²) in [6, 6.07) is 17.3. The fourth-order valence-corrected chi connectivity index (χ4v) is 2.64. The van der Waals surface area contributed by atoms with Gasteiger partial charge in [-0.2, -0.15) is 0 Å². The number of ether oxygens (including phenoxy) is 2. The van der Waals surface area contributed by atoms with E-state index in [0.29, 0.717) is 22.6 Å². The Kier molecular flexibility index (Phi) is 4.60. The number of rotatable bonds is 4. The molecule has 138 valence electrons. The Hall–Kier alpha value is -3.93. The Labute approximate surface area is 160 Å². The average molecular weight is 373 g/mol. The molecule has 28 heavy (non-hydrogen) atoms. The fourth-order valence-electron chi connectivity index (χ4n) is 2.64. The predicted octanol–water partition coefficient (Wildman–Crippen LogP) is 4.15. The van der Waals surface area contributed by atoms with Crippen molar-refractivity contribution in [2.45, 2.75) is 6.92 Å². The third-order valence-corrected chi connectivity index (χ3v) is 4.00. The van der Waals surface area contributed by atoms with E-state index in [2.05, 4.69) is 4.99 Å². The van der Waals surface area contributed by atoms with E-state index in [1.807, 2.05) is 13.0 Å². The van der Waals surface area contributed by atoms with Gasteiger partial charge in [0.05, 0.1) is 11.8 Å². The summed E-state index contributed by atoms with van der Waals surface area (Å²) in [7, 11) is 0. The largest absolute Gasteiger partial charge is 0.459 e. The van der Waals surface area contributed by atoms with Gasteiger partial charge in [0, 0.05) is 0 Å². The SMILES string of the molecule is Cc1cccc(C(=O)Oc2ccc(/C=C3\N=C(c4ccco4)OC3=O)cc2)c1. The third-order valence-electron chi connectivity index (χ3n) is 4.00.